The minimum atomic E-state index is -3.27. The van der Waals surface area contributed by atoms with Gasteiger partial charge in [-0.25, -0.2) is 8.42 Å². The molecule has 0 aliphatic carbocycles. The summed E-state index contributed by atoms with van der Waals surface area (Å²) in [5.74, 6) is 0.402. The fourth-order valence-corrected chi connectivity index (χ4v) is 5.48. The van der Waals surface area contributed by atoms with Gasteiger partial charge in [-0.05, 0) is 39.5 Å². The van der Waals surface area contributed by atoms with Gasteiger partial charge < -0.3 is 9.42 Å². The van der Waals surface area contributed by atoms with Crippen LogP contribution in [-0.4, -0.2) is 60.1 Å². The van der Waals surface area contributed by atoms with E-state index < -0.39 is 15.6 Å². The first-order valence-corrected chi connectivity index (χ1v) is 9.79. The molecule has 2 fully saturated rings. The Bertz CT molecular complexity index is 708. The minimum absolute atomic E-state index is 0.110. The van der Waals surface area contributed by atoms with Crippen LogP contribution in [0.25, 0.3) is 0 Å². The lowest BCUT2D eigenvalue weighted by Crippen LogP contribution is -2.58. The maximum absolute atomic E-state index is 12.9. The molecule has 128 valence electrons. The highest BCUT2D eigenvalue weighted by Gasteiger charge is 2.49. The highest BCUT2D eigenvalue weighted by atomic mass is 32.2. The lowest BCUT2D eigenvalue weighted by molar-refractivity contribution is 0.0522. The number of piperidine rings is 1. The molecule has 3 heterocycles. The van der Waals surface area contributed by atoms with Crippen molar-refractivity contribution >= 4 is 15.9 Å². The predicted octanol–water partition coefficient (Wildman–Crippen LogP) is 1.32. The van der Waals surface area contributed by atoms with Gasteiger partial charge in [-0.3, -0.25) is 4.79 Å². The highest BCUT2D eigenvalue weighted by Crippen LogP contribution is 2.39. The normalized spacial score (nSPS) is 26.1. The Labute approximate surface area is 136 Å². The number of amides is 1. The summed E-state index contributed by atoms with van der Waals surface area (Å²) in [6.45, 7) is 5.12. The molecule has 3 rings (SSSR count). The van der Waals surface area contributed by atoms with Crippen molar-refractivity contribution in [3.63, 3.8) is 0 Å². The zero-order valence-electron chi connectivity index (χ0n) is 13.8. The van der Waals surface area contributed by atoms with Crippen molar-refractivity contribution in [2.45, 2.75) is 45.1 Å². The number of carbonyl (C=O) groups is 1. The summed E-state index contributed by atoms with van der Waals surface area (Å²) in [6.07, 6.45) is 4.54. The summed E-state index contributed by atoms with van der Waals surface area (Å²) in [6, 6.07) is 0. The van der Waals surface area contributed by atoms with Gasteiger partial charge in [0.2, 0.25) is 10.0 Å². The Morgan fingerprint density at radius 1 is 1.22 bits per heavy atom. The largest absolute Gasteiger partial charge is 0.361 e. The Morgan fingerprint density at radius 3 is 2.43 bits per heavy atom. The number of hydrogen-bond donors (Lipinski definition) is 0. The third kappa shape index (κ3) is 2.78. The maximum Gasteiger partial charge on any atom is 0.259 e. The molecule has 23 heavy (non-hydrogen) atoms. The van der Waals surface area contributed by atoms with Gasteiger partial charge >= 0.3 is 0 Å². The Morgan fingerprint density at radius 2 is 1.87 bits per heavy atom. The van der Waals surface area contributed by atoms with E-state index >= 15 is 0 Å². The average molecular weight is 341 g/mol. The van der Waals surface area contributed by atoms with E-state index in [2.05, 4.69) is 5.16 Å². The van der Waals surface area contributed by atoms with Crippen LogP contribution in [-0.2, 0) is 10.0 Å². The first-order valence-electron chi connectivity index (χ1n) is 7.95. The quantitative estimate of drug-likeness (QED) is 0.810. The van der Waals surface area contributed by atoms with E-state index in [1.54, 1.807) is 23.1 Å². The summed E-state index contributed by atoms with van der Waals surface area (Å²) in [4.78, 5) is 14.6. The molecule has 0 bridgehead atoms. The van der Waals surface area contributed by atoms with E-state index in [9.17, 15) is 13.2 Å². The number of rotatable bonds is 2. The topological polar surface area (TPSA) is 83.7 Å². The first-order chi connectivity index (χ1) is 10.7. The average Bonchev–Trinajstić information content (AvgIpc) is 3.02. The summed E-state index contributed by atoms with van der Waals surface area (Å²) in [7, 11) is -3.27. The lowest BCUT2D eigenvalue weighted by Gasteiger charge is -2.44. The monoisotopic (exact) mass is 341 g/mol. The summed E-state index contributed by atoms with van der Waals surface area (Å²) in [5.41, 5.74) is 0.643. The van der Waals surface area contributed by atoms with Crippen LogP contribution in [0.2, 0.25) is 0 Å². The van der Waals surface area contributed by atoms with Crippen LogP contribution in [0, 0.1) is 13.8 Å². The van der Waals surface area contributed by atoms with Crippen molar-refractivity contribution < 1.29 is 17.7 Å². The van der Waals surface area contributed by atoms with Gasteiger partial charge in [-0.2, -0.15) is 4.31 Å². The molecule has 1 amide bonds. The van der Waals surface area contributed by atoms with Crippen molar-refractivity contribution in [2.24, 2.45) is 0 Å². The molecule has 1 aromatic heterocycles. The van der Waals surface area contributed by atoms with Crippen LogP contribution >= 0.6 is 0 Å². The van der Waals surface area contributed by atoms with E-state index in [1.807, 2.05) is 0 Å². The molecule has 1 unspecified atom stereocenters. The van der Waals surface area contributed by atoms with Gasteiger partial charge in [0.25, 0.3) is 5.91 Å². The molecule has 2 saturated heterocycles. The molecular weight excluding hydrogens is 318 g/mol. The number of aromatic nitrogens is 1. The molecule has 2 aliphatic rings. The fourth-order valence-electron chi connectivity index (χ4n) is 4.07. The zero-order valence-corrected chi connectivity index (χ0v) is 14.6. The van der Waals surface area contributed by atoms with Crippen molar-refractivity contribution in [3.05, 3.63) is 17.0 Å². The van der Waals surface area contributed by atoms with Gasteiger partial charge in [0.1, 0.15) is 11.3 Å². The molecule has 2 aliphatic heterocycles. The molecule has 0 N–H and O–H groups in total. The summed E-state index contributed by atoms with van der Waals surface area (Å²) < 4.78 is 30.9. The number of sulfonamides is 1. The van der Waals surface area contributed by atoms with Crippen LogP contribution in [0.3, 0.4) is 0 Å². The van der Waals surface area contributed by atoms with E-state index in [1.165, 1.54) is 6.26 Å². The first kappa shape index (κ1) is 16.4. The Kier molecular flexibility index (Phi) is 4.00. The van der Waals surface area contributed by atoms with Crippen molar-refractivity contribution in [3.8, 4) is 0 Å². The summed E-state index contributed by atoms with van der Waals surface area (Å²) in [5, 5.41) is 3.85. The third-order valence-electron chi connectivity index (χ3n) is 5.02. The molecule has 7 nitrogen and oxygen atoms in total. The van der Waals surface area contributed by atoms with Gasteiger partial charge in [-0.1, -0.05) is 5.16 Å². The molecule has 0 radical (unpaired) electrons. The molecule has 0 saturated carbocycles. The second-order valence-corrected chi connectivity index (χ2v) is 8.60. The van der Waals surface area contributed by atoms with E-state index in [4.69, 9.17) is 4.52 Å². The second kappa shape index (κ2) is 5.59. The minimum Gasteiger partial charge on any atom is -0.361 e. The van der Waals surface area contributed by atoms with Crippen LogP contribution < -0.4 is 0 Å². The van der Waals surface area contributed by atoms with Crippen molar-refractivity contribution in [1.82, 2.24) is 14.4 Å². The predicted molar refractivity (Wildman–Crippen MR) is 84.6 cm³/mol. The van der Waals surface area contributed by atoms with E-state index in [0.29, 0.717) is 36.7 Å². The number of aryl methyl sites for hydroxylation is 2. The molecule has 1 atom stereocenters. The van der Waals surface area contributed by atoms with Gasteiger partial charge in [-0.15, -0.1) is 0 Å². The second-order valence-electron chi connectivity index (χ2n) is 6.69. The number of hydrogen-bond acceptors (Lipinski definition) is 5. The fraction of sp³-hybridized carbons (Fsp3) is 0.733. The molecule has 1 spiro atoms. The van der Waals surface area contributed by atoms with Gasteiger partial charge in [0.05, 0.1) is 17.5 Å². The summed E-state index contributed by atoms with van der Waals surface area (Å²) >= 11 is 0. The molecule has 1 aromatic rings. The number of carbonyl (C=O) groups excluding carboxylic acids is 1. The van der Waals surface area contributed by atoms with Crippen molar-refractivity contribution in [1.29, 1.82) is 0 Å². The van der Waals surface area contributed by atoms with Crippen LogP contribution in [0.15, 0.2) is 4.52 Å². The SMILES string of the molecule is Cc1noc(C)c1C(=O)N1CCCC2(CCCN2S(C)(=O)=O)C1. The number of likely N-dealkylation sites (tertiary alicyclic amines) is 1. The Hall–Kier alpha value is -1.41. The van der Waals surface area contributed by atoms with E-state index in [-0.39, 0.29) is 5.91 Å². The van der Waals surface area contributed by atoms with Gasteiger partial charge in [0, 0.05) is 19.6 Å². The van der Waals surface area contributed by atoms with Crippen LogP contribution in [0.5, 0.6) is 0 Å². The third-order valence-corrected chi connectivity index (χ3v) is 6.39. The van der Waals surface area contributed by atoms with E-state index in [0.717, 1.165) is 25.7 Å². The maximum atomic E-state index is 12.9. The molecule has 8 heteroatoms. The highest BCUT2D eigenvalue weighted by molar-refractivity contribution is 7.88. The van der Waals surface area contributed by atoms with Crippen LogP contribution in [0.4, 0.5) is 0 Å². The van der Waals surface area contributed by atoms with Gasteiger partial charge in [0.15, 0.2) is 0 Å². The Balaban J connectivity index is 1.88. The standard InChI is InChI=1S/C15H23N3O4S/c1-11-13(12(2)22-16-11)14(19)17-8-4-6-15(10-17)7-5-9-18(15)23(3,20)21/h4-10H2,1-3H3. The molecular formula is C15H23N3O4S. The zero-order chi connectivity index (χ0) is 16.8. The number of nitrogens with zero attached hydrogens (tertiary/aromatic N) is 3. The lowest BCUT2D eigenvalue weighted by atomic mass is 9.87. The molecule has 0 aromatic carbocycles. The van der Waals surface area contributed by atoms with Crippen molar-refractivity contribution in [2.75, 3.05) is 25.9 Å². The van der Waals surface area contributed by atoms with Crippen LogP contribution in [0.1, 0.15) is 47.5 Å². The smallest absolute Gasteiger partial charge is 0.259 e.